The molecule has 0 fully saturated rings. The molecule has 3 heteroatoms. The number of fused-ring (bicyclic) bond motifs is 1. The fourth-order valence-electron chi connectivity index (χ4n) is 2.89. The van der Waals surface area contributed by atoms with Crippen LogP contribution in [0.3, 0.4) is 0 Å². The van der Waals surface area contributed by atoms with Gasteiger partial charge in [0.1, 0.15) is 0 Å². The largest absolute Gasteiger partial charge is 0.332 e. The molecule has 1 unspecified atom stereocenters. The van der Waals surface area contributed by atoms with Crippen LogP contribution in [0.25, 0.3) is 0 Å². The predicted molar refractivity (Wildman–Crippen MR) is 78.6 cm³/mol. The average molecular weight is 266 g/mol. The molecule has 0 aliphatic carbocycles. The van der Waals surface area contributed by atoms with Crippen molar-refractivity contribution in [3.63, 3.8) is 0 Å². The molecule has 1 aromatic heterocycles. The minimum Gasteiger partial charge on any atom is -0.332 e. The normalized spacial score (nSPS) is 17.7. The molecular weight excluding hydrogens is 248 g/mol. The van der Waals surface area contributed by atoms with Gasteiger partial charge >= 0.3 is 0 Å². The third kappa shape index (κ3) is 2.20. The summed E-state index contributed by atoms with van der Waals surface area (Å²) in [4.78, 5) is 18.8. The van der Waals surface area contributed by atoms with Crippen molar-refractivity contribution in [2.75, 3.05) is 6.54 Å². The van der Waals surface area contributed by atoms with E-state index in [1.165, 1.54) is 11.1 Å². The van der Waals surface area contributed by atoms with Crippen LogP contribution in [0.4, 0.5) is 0 Å². The number of hydrogen-bond donors (Lipinski definition) is 0. The second-order valence-electron chi connectivity index (χ2n) is 5.31. The summed E-state index contributed by atoms with van der Waals surface area (Å²) in [7, 11) is 0. The van der Waals surface area contributed by atoms with Crippen LogP contribution in [0.15, 0.2) is 42.6 Å². The highest BCUT2D eigenvalue weighted by Crippen LogP contribution is 2.30. The molecule has 0 bridgehead atoms. The predicted octanol–water partition coefficient (Wildman–Crippen LogP) is 3.15. The smallest absolute Gasteiger partial charge is 0.254 e. The molecule has 1 atom stereocenters. The van der Waals surface area contributed by atoms with Gasteiger partial charge in [0.2, 0.25) is 0 Å². The lowest BCUT2D eigenvalue weighted by Crippen LogP contribution is -2.38. The molecule has 0 radical (unpaired) electrons. The maximum atomic E-state index is 12.7. The van der Waals surface area contributed by atoms with Crippen molar-refractivity contribution in [2.24, 2.45) is 0 Å². The van der Waals surface area contributed by atoms with Crippen LogP contribution in [-0.4, -0.2) is 22.3 Å². The first-order chi connectivity index (χ1) is 9.66. The summed E-state index contributed by atoms with van der Waals surface area (Å²) in [6.07, 6.45) is 2.63. The van der Waals surface area contributed by atoms with Crippen LogP contribution in [0.2, 0.25) is 0 Å². The zero-order chi connectivity index (χ0) is 14.1. The summed E-state index contributed by atoms with van der Waals surface area (Å²) in [5.41, 5.74) is 4.22. The molecule has 1 aliphatic rings. The van der Waals surface area contributed by atoms with Crippen LogP contribution in [-0.2, 0) is 6.42 Å². The van der Waals surface area contributed by atoms with Crippen LogP contribution < -0.4 is 0 Å². The molecule has 1 aliphatic heterocycles. The lowest BCUT2D eigenvalue weighted by Gasteiger charge is -2.35. The van der Waals surface area contributed by atoms with Gasteiger partial charge in [-0.15, -0.1) is 0 Å². The summed E-state index contributed by atoms with van der Waals surface area (Å²) >= 11 is 0. The molecule has 3 nitrogen and oxygen atoms in total. The second kappa shape index (κ2) is 5.08. The number of rotatable bonds is 1. The van der Waals surface area contributed by atoms with Gasteiger partial charge in [0, 0.05) is 24.0 Å². The summed E-state index contributed by atoms with van der Waals surface area (Å²) in [5.74, 6) is 0.0949. The summed E-state index contributed by atoms with van der Waals surface area (Å²) in [5, 5.41) is 0. The Balaban J connectivity index is 1.91. The van der Waals surface area contributed by atoms with Gasteiger partial charge in [0.25, 0.3) is 5.91 Å². The Morgan fingerprint density at radius 2 is 2.10 bits per heavy atom. The number of aromatic nitrogens is 1. The van der Waals surface area contributed by atoms with E-state index in [0.717, 1.165) is 24.2 Å². The van der Waals surface area contributed by atoms with E-state index < -0.39 is 0 Å². The van der Waals surface area contributed by atoms with Crippen molar-refractivity contribution < 1.29 is 4.79 Å². The molecule has 0 N–H and O–H groups in total. The Morgan fingerprint density at radius 1 is 1.30 bits per heavy atom. The quantitative estimate of drug-likeness (QED) is 0.794. The van der Waals surface area contributed by atoms with Gasteiger partial charge in [0.05, 0.1) is 6.04 Å². The van der Waals surface area contributed by atoms with Crippen molar-refractivity contribution in [3.8, 4) is 0 Å². The number of pyridine rings is 1. The molecule has 2 heterocycles. The first kappa shape index (κ1) is 12.9. The van der Waals surface area contributed by atoms with Crippen LogP contribution >= 0.6 is 0 Å². The number of benzene rings is 1. The molecule has 0 spiro atoms. The molecule has 3 rings (SSSR count). The molecule has 20 heavy (non-hydrogen) atoms. The van der Waals surface area contributed by atoms with Crippen molar-refractivity contribution in [3.05, 3.63) is 65.0 Å². The van der Waals surface area contributed by atoms with Crippen LogP contribution in [0.1, 0.15) is 40.1 Å². The van der Waals surface area contributed by atoms with E-state index >= 15 is 0 Å². The Morgan fingerprint density at radius 3 is 2.90 bits per heavy atom. The van der Waals surface area contributed by atoms with Gasteiger partial charge in [-0.1, -0.05) is 24.3 Å². The van der Waals surface area contributed by atoms with Gasteiger partial charge in [-0.05, 0) is 43.5 Å². The number of hydrogen-bond acceptors (Lipinski definition) is 2. The van der Waals surface area contributed by atoms with E-state index in [0.29, 0.717) is 0 Å². The topological polar surface area (TPSA) is 33.2 Å². The van der Waals surface area contributed by atoms with E-state index in [2.05, 4.69) is 30.1 Å². The summed E-state index contributed by atoms with van der Waals surface area (Å²) in [6.45, 7) is 4.79. The average Bonchev–Trinajstić information content (AvgIpc) is 2.47. The van der Waals surface area contributed by atoms with Gasteiger partial charge in [-0.25, -0.2) is 0 Å². The number of carbonyl (C=O) groups is 1. The number of amides is 1. The third-order valence-corrected chi connectivity index (χ3v) is 4.00. The molecule has 1 amide bonds. The Kier molecular flexibility index (Phi) is 3.26. The van der Waals surface area contributed by atoms with E-state index in [1.807, 2.05) is 24.0 Å². The van der Waals surface area contributed by atoms with Gasteiger partial charge in [-0.2, -0.15) is 0 Å². The van der Waals surface area contributed by atoms with Crippen molar-refractivity contribution in [1.82, 2.24) is 9.88 Å². The van der Waals surface area contributed by atoms with Gasteiger partial charge < -0.3 is 4.90 Å². The maximum Gasteiger partial charge on any atom is 0.254 e. The fourth-order valence-corrected chi connectivity index (χ4v) is 2.89. The lowest BCUT2D eigenvalue weighted by atomic mass is 9.93. The van der Waals surface area contributed by atoms with Crippen molar-refractivity contribution in [1.29, 1.82) is 0 Å². The SMILES string of the molecule is Cc1cc(C(=O)N2CCc3ccccc3C2C)ccn1. The number of aryl methyl sites for hydroxylation is 1. The van der Waals surface area contributed by atoms with Crippen molar-refractivity contribution >= 4 is 5.91 Å². The standard InChI is InChI=1S/C17H18N2O/c1-12-11-15(7-9-18-12)17(20)19-10-8-14-5-3-4-6-16(14)13(19)2/h3-7,9,11,13H,8,10H2,1-2H3. The molecule has 1 aromatic carbocycles. The molecule has 0 saturated heterocycles. The fraction of sp³-hybridized carbons (Fsp3) is 0.294. The van der Waals surface area contributed by atoms with E-state index in [9.17, 15) is 4.79 Å². The van der Waals surface area contributed by atoms with Gasteiger partial charge in [0.15, 0.2) is 0 Å². The van der Waals surface area contributed by atoms with E-state index in [4.69, 9.17) is 0 Å². The number of carbonyl (C=O) groups excluding carboxylic acids is 1. The number of nitrogens with zero attached hydrogens (tertiary/aromatic N) is 2. The lowest BCUT2D eigenvalue weighted by molar-refractivity contribution is 0.0677. The molecular formula is C17H18N2O. The van der Waals surface area contributed by atoms with Gasteiger partial charge in [-0.3, -0.25) is 9.78 Å². The summed E-state index contributed by atoms with van der Waals surface area (Å²) in [6, 6.07) is 12.2. The zero-order valence-corrected chi connectivity index (χ0v) is 11.8. The highest BCUT2D eigenvalue weighted by atomic mass is 16.2. The highest BCUT2D eigenvalue weighted by molar-refractivity contribution is 5.94. The van der Waals surface area contributed by atoms with E-state index in [-0.39, 0.29) is 11.9 Å². The first-order valence-corrected chi connectivity index (χ1v) is 6.98. The molecule has 102 valence electrons. The molecule has 0 saturated carbocycles. The minimum absolute atomic E-state index is 0.0949. The maximum absolute atomic E-state index is 12.7. The Hall–Kier alpha value is -2.16. The first-order valence-electron chi connectivity index (χ1n) is 6.98. The second-order valence-corrected chi connectivity index (χ2v) is 5.31. The third-order valence-electron chi connectivity index (χ3n) is 4.00. The highest BCUT2D eigenvalue weighted by Gasteiger charge is 2.27. The summed E-state index contributed by atoms with van der Waals surface area (Å²) < 4.78 is 0. The van der Waals surface area contributed by atoms with E-state index in [1.54, 1.807) is 12.3 Å². The zero-order valence-electron chi connectivity index (χ0n) is 11.8. The monoisotopic (exact) mass is 266 g/mol. The van der Waals surface area contributed by atoms with Crippen LogP contribution in [0.5, 0.6) is 0 Å². The van der Waals surface area contributed by atoms with Crippen molar-refractivity contribution in [2.45, 2.75) is 26.3 Å². The minimum atomic E-state index is 0.0949. The Labute approximate surface area is 119 Å². The Bertz CT molecular complexity index is 651. The molecule has 2 aromatic rings. The van der Waals surface area contributed by atoms with Crippen LogP contribution in [0, 0.1) is 6.92 Å².